The second-order valence-electron chi connectivity index (χ2n) is 6.78. The van der Waals surface area contributed by atoms with Crippen LogP contribution in [0.25, 0.3) is 6.08 Å². The average molecular weight is 356 g/mol. The number of benzene rings is 2. The summed E-state index contributed by atoms with van der Waals surface area (Å²) in [6.45, 7) is 5.28. The molecule has 2 aromatic carbocycles. The fourth-order valence-corrected chi connectivity index (χ4v) is 2.96. The molecule has 0 unspecified atom stereocenters. The minimum atomic E-state index is -1.16. The van der Waals surface area contributed by atoms with Gasteiger partial charge in [0.2, 0.25) is 0 Å². The first-order valence-electron chi connectivity index (χ1n) is 8.35. The van der Waals surface area contributed by atoms with Gasteiger partial charge in [-0.2, -0.15) is 0 Å². The molecule has 0 spiro atoms. The Bertz CT molecular complexity index is 850. The fourth-order valence-electron chi connectivity index (χ4n) is 2.96. The highest BCUT2D eigenvalue weighted by atomic mass is 16.3. The van der Waals surface area contributed by atoms with Crippen molar-refractivity contribution < 1.29 is 25.2 Å². The number of phenols is 3. The Balaban J connectivity index is 2.19. The van der Waals surface area contributed by atoms with E-state index in [9.17, 15) is 25.2 Å². The number of rotatable bonds is 6. The van der Waals surface area contributed by atoms with Gasteiger partial charge < -0.3 is 20.4 Å². The Labute approximate surface area is 152 Å². The Morgan fingerprint density at radius 3 is 2.42 bits per heavy atom. The molecular formula is C21H24O5. The lowest BCUT2D eigenvalue weighted by Crippen LogP contribution is -2.22. The van der Waals surface area contributed by atoms with Crippen molar-refractivity contribution in [3.8, 4) is 17.2 Å². The van der Waals surface area contributed by atoms with E-state index >= 15 is 0 Å². The molecule has 0 bridgehead atoms. The van der Waals surface area contributed by atoms with Crippen molar-refractivity contribution in [2.75, 3.05) is 0 Å². The topological polar surface area (TPSA) is 98.0 Å². The van der Waals surface area contributed by atoms with E-state index in [0.717, 1.165) is 11.1 Å². The first kappa shape index (κ1) is 19.5. The molecule has 138 valence electrons. The molecule has 0 saturated heterocycles. The van der Waals surface area contributed by atoms with Crippen LogP contribution < -0.4 is 0 Å². The summed E-state index contributed by atoms with van der Waals surface area (Å²) in [6.07, 6.45) is 4.65. The molecule has 2 rings (SSSR count). The number of aromatic hydroxyl groups is 3. The molecule has 0 radical (unpaired) electrons. The number of aldehydes is 1. The van der Waals surface area contributed by atoms with E-state index in [1.54, 1.807) is 32.1 Å². The Morgan fingerprint density at radius 2 is 1.77 bits per heavy atom. The second-order valence-corrected chi connectivity index (χ2v) is 6.78. The Hall–Kier alpha value is -2.79. The smallest absolute Gasteiger partial charge is 0.154 e. The van der Waals surface area contributed by atoms with Gasteiger partial charge in [0.05, 0.1) is 11.2 Å². The van der Waals surface area contributed by atoms with Gasteiger partial charge in [-0.15, -0.1) is 0 Å². The van der Waals surface area contributed by atoms with Crippen LogP contribution in [0.5, 0.6) is 17.2 Å². The summed E-state index contributed by atoms with van der Waals surface area (Å²) in [5.74, 6) is -0.000655. The molecule has 0 aromatic heterocycles. The molecule has 0 heterocycles. The Morgan fingerprint density at radius 1 is 1.08 bits per heavy atom. The number of aliphatic hydroxyl groups is 1. The van der Waals surface area contributed by atoms with Crippen LogP contribution in [-0.2, 0) is 6.42 Å². The van der Waals surface area contributed by atoms with Crippen molar-refractivity contribution in [1.82, 2.24) is 0 Å². The third-order valence-electron chi connectivity index (χ3n) is 4.59. The summed E-state index contributed by atoms with van der Waals surface area (Å²) in [6, 6.07) is 5.73. The van der Waals surface area contributed by atoms with Crippen LogP contribution in [0.2, 0.25) is 0 Å². The van der Waals surface area contributed by atoms with E-state index < -0.39 is 5.60 Å². The number of phenolic OH excluding ortho intramolecular Hbond substituents is 3. The molecular weight excluding hydrogens is 332 g/mol. The molecule has 0 amide bonds. The molecule has 0 aliphatic rings. The van der Waals surface area contributed by atoms with Crippen molar-refractivity contribution in [1.29, 1.82) is 0 Å². The van der Waals surface area contributed by atoms with E-state index in [2.05, 4.69) is 0 Å². The van der Waals surface area contributed by atoms with Crippen molar-refractivity contribution in [3.05, 3.63) is 58.2 Å². The summed E-state index contributed by atoms with van der Waals surface area (Å²) >= 11 is 0. The summed E-state index contributed by atoms with van der Waals surface area (Å²) in [7, 11) is 0. The fraction of sp³-hybridized carbons (Fsp3) is 0.286. The van der Waals surface area contributed by atoms with E-state index in [0.29, 0.717) is 30.3 Å². The van der Waals surface area contributed by atoms with Gasteiger partial charge in [-0.25, -0.2) is 0 Å². The largest absolute Gasteiger partial charge is 0.508 e. The highest BCUT2D eigenvalue weighted by Crippen LogP contribution is 2.29. The summed E-state index contributed by atoms with van der Waals surface area (Å²) in [5, 5.41) is 39.7. The van der Waals surface area contributed by atoms with E-state index in [-0.39, 0.29) is 22.8 Å². The van der Waals surface area contributed by atoms with Crippen molar-refractivity contribution >= 4 is 12.4 Å². The Kier molecular flexibility index (Phi) is 5.73. The van der Waals surface area contributed by atoms with E-state index in [4.69, 9.17) is 0 Å². The van der Waals surface area contributed by atoms with E-state index in [1.807, 2.05) is 6.92 Å². The number of carbonyl (C=O) groups excluding carboxylic acids is 1. The first-order valence-corrected chi connectivity index (χ1v) is 8.35. The van der Waals surface area contributed by atoms with Crippen LogP contribution in [-0.4, -0.2) is 32.3 Å². The van der Waals surface area contributed by atoms with Crippen LogP contribution in [0.3, 0.4) is 0 Å². The first-order chi connectivity index (χ1) is 12.1. The van der Waals surface area contributed by atoms with Gasteiger partial charge in [0.25, 0.3) is 0 Å². The summed E-state index contributed by atoms with van der Waals surface area (Å²) in [5.41, 5.74) is 2.00. The quantitative estimate of drug-likeness (QED) is 0.468. The van der Waals surface area contributed by atoms with Crippen molar-refractivity contribution in [2.45, 2.75) is 39.2 Å². The monoisotopic (exact) mass is 356 g/mol. The normalized spacial score (nSPS) is 13.7. The molecule has 5 heteroatoms. The van der Waals surface area contributed by atoms with Gasteiger partial charge in [-0.3, -0.25) is 4.79 Å². The maximum atomic E-state index is 11.2. The zero-order valence-electron chi connectivity index (χ0n) is 15.2. The van der Waals surface area contributed by atoms with Gasteiger partial charge in [0.15, 0.2) is 6.29 Å². The third-order valence-corrected chi connectivity index (χ3v) is 4.59. The molecule has 0 fully saturated rings. The molecule has 0 aliphatic carbocycles. The standard InChI is InChI=1S/C21H24O5/c1-13-10-20(25)18(12-22)14(2)17(13)7-9-21(3,26)8-6-15-11-16(23)4-5-19(15)24/h4-6,8,10-12,23-26H,7,9H2,1-3H3/t21-/m1/s1. The van der Waals surface area contributed by atoms with Gasteiger partial charge in [0.1, 0.15) is 17.2 Å². The molecule has 5 nitrogen and oxygen atoms in total. The zero-order valence-corrected chi connectivity index (χ0v) is 15.2. The maximum absolute atomic E-state index is 11.2. The SMILES string of the molecule is Cc1cc(O)c(C=O)c(C)c1CC[C@](C)(O)C=Cc1cc(O)ccc1O. The predicted molar refractivity (Wildman–Crippen MR) is 101 cm³/mol. The molecule has 4 N–H and O–H groups in total. The lowest BCUT2D eigenvalue weighted by molar-refractivity contribution is 0.103. The lowest BCUT2D eigenvalue weighted by Gasteiger charge is -2.21. The van der Waals surface area contributed by atoms with Crippen LogP contribution >= 0.6 is 0 Å². The molecule has 26 heavy (non-hydrogen) atoms. The predicted octanol–water partition coefficient (Wildman–Crippen LogP) is 3.63. The average Bonchev–Trinajstić information content (AvgIpc) is 2.55. The lowest BCUT2D eigenvalue weighted by atomic mass is 9.89. The van der Waals surface area contributed by atoms with Gasteiger partial charge in [0, 0.05) is 5.56 Å². The molecule has 0 saturated carbocycles. The summed E-state index contributed by atoms with van der Waals surface area (Å²) < 4.78 is 0. The van der Waals surface area contributed by atoms with Crippen LogP contribution in [0.4, 0.5) is 0 Å². The number of carbonyl (C=O) groups is 1. The minimum absolute atomic E-state index is 0.00991. The van der Waals surface area contributed by atoms with Gasteiger partial charge in [-0.1, -0.05) is 12.2 Å². The van der Waals surface area contributed by atoms with Crippen molar-refractivity contribution in [2.24, 2.45) is 0 Å². The second kappa shape index (κ2) is 7.62. The molecule has 0 aliphatic heterocycles. The zero-order chi connectivity index (χ0) is 19.5. The minimum Gasteiger partial charge on any atom is -0.508 e. The maximum Gasteiger partial charge on any atom is 0.154 e. The van der Waals surface area contributed by atoms with Crippen molar-refractivity contribution in [3.63, 3.8) is 0 Å². The third kappa shape index (κ3) is 4.43. The van der Waals surface area contributed by atoms with Crippen LogP contribution in [0.1, 0.15) is 46.0 Å². The molecule has 2 aromatic rings. The number of hydrogen-bond acceptors (Lipinski definition) is 5. The van der Waals surface area contributed by atoms with E-state index in [1.165, 1.54) is 18.2 Å². The van der Waals surface area contributed by atoms with Gasteiger partial charge >= 0.3 is 0 Å². The molecule has 1 atom stereocenters. The van der Waals surface area contributed by atoms with Crippen LogP contribution in [0.15, 0.2) is 30.3 Å². The number of aryl methyl sites for hydroxylation is 1. The highest BCUT2D eigenvalue weighted by molar-refractivity contribution is 5.82. The number of hydrogen-bond donors (Lipinski definition) is 4. The van der Waals surface area contributed by atoms with Gasteiger partial charge in [-0.05, 0) is 74.6 Å². The van der Waals surface area contributed by atoms with Crippen LogP contribution in [0, 0.1) is 13.8 Å². The summed E-state index contributed by atoms with van der Waals surface area (Å²) in [4.78, 5) is 11.2. The highest BCUT2D eigenvalue weighted by Gasteiger charge is 2.19.